The topological polar surface area (TPSA) is 74.6 Å². The molecule has 0 heterocycles. The first-order valence-corrected chi connectivity index (χ1v) is 7.20. The van der Waals surface area contributed by atoms with Gasteiger partial charge in [0.15, 0.2) is 0 Å². The van der Waals surface area contributed by atoms with Crippen molar-refractivity contribution in [1.29, 1.82) is 0 Å². The van der Waals surface area contributed by atoms with Crippen LogP contribution in [0.2, 0.25) is 0 Å². The van der Waals surface area contributed by atoms with Crippen LogP contribution in [0.4, 0.5) is 0 Å². The van der Waals surface area contributed by atoms with E-state index in [1.165, 1.54) is 19.3 Å². The van der Waals surface area contributed by atoms with Gasteiger partial charge in [-0.3, -0.25) is 4.55 Å². The van der Waals surface area contributed by atoms with Gasteiger partial charge in [-0.25, -0.2) is 0 Å². The summed E-state index contributed by atoms with van der Waals surface area (Å²) >= 11 is 0. The predicted octanol–water partition coefficient (Wildman–Crippen LogP) is 1.99. The number of aliphatic hydroxyl groups is 1. The van der Waals surface area contributed by atoms with Crippen LogP contribution in [0.5, 0.6) is 0 Å². The van der Waals surface area contributed by atoms with E-state index in [0.29, 0.717) is 6.42 Å². The third-order valence-electron chi connectivity index (χ3n) is 2.29. The van der Waals surface area contributed by atoms with Crippen LogP contribution < -0.4 is 0 Å². The summed E-state index contributed by atoms with van der Waals surface area (Å²) in [6, 6.07) is 0. The van der Waals surface area contributed by atoms with E-state index < -0.39 is 22.0 Å². The zero-order valence-electron chi connectivity index (χ0n) is 9.35. The highest BCUT2D eigenvalue weighted by atomic mass is 32.2. The molecule has 0 rings (SSSR count). The third kappa shape index (κ3) is 11.8. The average molecular weight is 238 g/mol. The second kappa shape index (κ2) is 8.07. The second-order valence-corrected chi connectivity index (χ2v) is 5.46. The summed E-state index contributed by atoms with van der Waals surface area (Å²) in [4.78, 5) is 0. The van der Waals surface area contributed by atoms with Crippen molar-refractivity contribution >= 4 is 10.1 Å². The Morgan fingerprint density at radius 1 is 1.07 bits per heavy atom. The largest absolute Gasteiger partial charge is 0.392 e. The zero-order valence-corrected chi connectivity index (χ0v) is 10.2. The van der Waals surface area contributed by atoms with Gasteiger partial charge < -0.3 is 5.11 Å². The Kier molecular flexibility index (Phi) is 8.00. The van der Waals surface area contributed by atoms with Gasteiger partial charge in [0.25, 0.3) is 10.1 Å². The Hall–Kier alpha value is -0.130. The molecule has 0 aliphatic rings. The Bertz CT molecular complexity index is 236. The lowest BCUT2D eigenvalue weighted by Gasteiger charge is -2.07. The SMILES string of the molecule is CCCCCCCCC(O)CS(=O)(=O)O. The first-order chi connectivity index (χ1) is 6.95. The minimum atomic E-state index is -4.02. The van der Waals surface area contributed by atoms with Crippen LogP contribution in [0.3, 0.4) is 0 Å². The summed E-state index contributed by atoms with van der Waals surface area (Å²) < 4.78 is 29.3. The van der Waals surface area contributed by atoms with E-state index in [1.807, 2.05) is 0 Å². The fraction of sp³-hybridized carbons (Fsp3) is 1.00. The van der Waals surface area contributed by atoms with Gasteiger partial charge in [0.05, 0.1) is 6.10 Å². The minimum absolute atomic E-state index is 0.450. The van der Waals surface area contributed by atoms with Crippen molar-refractivity contribution in [1.82, 2.24) is 0 Å². The molecule has 1 atom stereocenters. The standard InChI is InChI=1S/C10H22O4S/c1-2-3-4-5-6-7-8-10(11)9-15(12,13)14/h10-11H,2-9H2,1H3,(H,12,13,14). The molecule has 5 heteroatoms. The van der Waals surface area contributed by atoms with Crippen molar-refractivity contribution in [2.24, 2.45) is 0 Å². The summed E-state index contributed by atoms with van der Waals surface area (Å²) in [7, 11) is -4.02. The highest BCUT2D eigenvalue weighted by Gasteiger charge is 2.13. The van der Waals surface area contributed by atoms with Crippen molar-refractivity contribution in [3.05, 3.63) is 0 Å². The molecule has 0 aromatic heterocycles. The number of rotatable bonds is 9. The quantitative estimate of drug-likeness (QED) is 0.476. The number of aliphatic hydroxyl groups excluding tert-OH is 1. The van der Waals surface area contributed by atoms with Gasteiger partial charge in [-0.1, -0.05) is 45.4 Å². The van der Waals surface area contributed by atoms with Gasteiger partial charge in [-0.05, 0) is 6.42 Å². The molecule has 0 amide bonds. The molecule has 0 spiro atoms. The molecule has 15 heavy (non-hydrogen) atoms. The van der Waals surface area contributed by atoms with Gasteiger partial charge in [0, 0.05) is 0 Å². The molecule has 0 aliphatic carbocycles. The Morgan fingerprint density at radius 2 is 1.60 bits per heavy atom. The fourth-order valence-electron chi connectivity index (χ4n) is 1.49. The molecule has 0 radical (unpaired) electrons. The Labute approximate surface area is 92.4 Å². The lowest BCUT2D eigenvalue weighted by molar-refractivity contribution is 0.180. The zero-order chi connectivity index (χ0) is 11.7. The maximum Gasteiger partial charge on any atom is 0.267 e. The van der Waals surface area contributed by atoms with Crippen LogP contribution >= 0.6 is 0 Å². The van der Waals surface area contributed by atoms with Crippen LogP contribution in [0.15, 0.2) is 0 Å². The third-order valence-corrected chi connectivity index (χ3v) is 3.10. The van der Waals surface area contributed by atoms with Crippen molar-refractivity contribution in [3.63, 3.8) is 0 Å². The van der Waals surface area contributed by atoms with E-state index in [1.54, 1.807) is 0 Å². The van der Waals surface area contributed by atoms with Gasteiger partial charge >= 0.3 is 0 Å². The Balaban J connectivity index is 3.36. The summed E-state index contributed by atoms with van der Waals surface area (Å²) in [5.74, 6) is -0.540. The molecule has 92 valence electrons. The van der Waals surface area contributed by atoms with E-state index in [4.69, 9.17) is 4.55 Å². The Morgan fingerprint density at radius 3 is 2.13 bits per heavy atom. The minimum Gasteiger partial charge on any atom is -0.392 e. The van der Waals surface area contributed by atoms with Gasteiger partial charge in [0.1, 0.15) is 5.75 Å². The van der Waals surface area contributed by atoms with E-state index in [0.717, 1.165) is 19.3 Å². The van der Waals surface area contributed by atoms with Crippen LogP contribution in [0, 0.1) is 0 Å². The molecule has 2 N–H and O–H groups in total. The molecule has 0 aromatic rings. The van der Waals surface area contributed by atoms with Crippen molar-refractivity contribution in [3.8, 4) is 0 Å². The summed E-state index contributed by atoms with van der Waals surface area (Å²) in [5.41, 5.74) is 0. The molecule has 1 unspecified atom stereocenters. The fourth-order valence-corrected chi connectivity index (χ4v) is 2.14. The van der Waals surface area contributed by atoms with Crippen LogP contribution in [0.1, 0.15) is 51.9 Å². The maximum atomic E-state index is 10.4. The maximum absolute atomic E-state index is 10.4. The average Bonchev–Trinajstić information content (AvgIpc) is 2.08. The van der Waals surface area contributed by atoms with Gasteiger partial charge in [-0.15, -0.1) is 0 Å². The number of unbranched alkanes of at least 4 members (excludes halogenated alkanes) is 5. The summed E-state index contributed by atoms with van der Waals surface area (Å²) in [6.07, 6.45) is 6.12. The first-order valence-electron chi connectivity index (χ1n) is 5.59. The van der Waals surface area contributed by atoms with Crippen molar-refractivity contribution in [2.45, 2.75) is 58.0 Å². The lowest BCUT2D eigenvalue weighted by atomic mass is 10.1. The van der Waals surface area contributed by atoms with E-state index in [-0.39, 0.29) is 0 Å². The molecule has 0 aliphatic heterocycles. The van der Waals surface area contributed by atoms with Crippen LogP contribution in [-0.4, -0.2) is 29.9 Å². The summed E-state index contributed by atoms with van der Waals surface area (Å²) in [6.45, 7) is 2.15. The molecular formula is C10H22O4S. The van der Waals surface area contributed by atoms with Crippen molar-refractivity contribution in [2.75, 3.05) is 5.75 Å². The molecule has 0 fully saturated rings. The normalized spacial score (nSPS) is 14.1. The monoisotopic (exact) mass is 238 g/mol. The van der Waals surface area contributed by atoms with E-state index >= 15 is 0 Å². The molecule has 4 nitrogen and oxygen atoms in total. The number of hydrogen-bond donors (Lipinski definition) is 2. The molecule has 0 saturated carbocycles. The smallest absolute Gasteiger partial charge is 0.267 e. The highest BCUT2D eigenvalue weighted by Crippen LogP contribution is 2.09. The predicted molar refractivity (Wildman–Crippen MR) is 60.4 cm³/mol. The van der Waals surface area contributed by atoms with Crippen LogP contribution in [-0.2, 0) is 10.1 Å². The van der Waals surface area contributed by atoms with Crippen LogP contribution in [0.25, 0.3) is 0 Å². The first kappa shape index (κ1) is 14.9. The number of hydrogen-bond acceptors (Lipinski definition) is 3. The highest BCUT2D eigenvalue weighted by molar-refractivity contribution is 7.85. The summed E-state index contributed by atoms with van der Waals surface area (Å²) in [5, 5.41) is 9.25. The van der Waals surface area contributed by atoms with E-state index in [2.05, 4.69) is 6.92 Å². The molecular weight excluding hydrogens is 216 g/mol. The van der Waals surface area contributed by atoms with Gasteiger partial charge in [-0.2, -0.15) is 8.42 Å². The van der Waals surface area contributed by atoms with Gasteiger partial charge in [0.2, 0.25) is 0 Å². The molecule has 0 saturated heterocycles. The second-order valence-electron chi connectivity index (χ2n) is 3.96. The van der Waals surface area contributed by atoms with Crippen molar-refractivity contribution < 1.29 is 18.1 Å². The lowest BCUT2D eigenvalue weighted by Crippen LogP contribution is -2.19. The molecule has 0 bridgehead atoms. The molecule has 0 aromatic carbocycles. The van der Waals surface area contributed by atoms with E-state index in [9.17, 15) is 13.5 Å².